The first kappa shape index (κ1) is 15.0. The summed E-state index contributed by atoms with van der Waals surface area (Å²) in [6, 6.07) is 5.50. The summed E-state index contributed by atoms with van der Waals surface area (Å²) in [6.07, 6.45) is 0. The predicted octanol–water partition coefficient (Wildman–Crippen LogP) is 3.20. The molecule has 0 radical (unpaired) electrons. The highest BCUT2D eigenvalue weighted by Gasteiger charge is 2.24. The molecule has 0 unspecified atom stereocenters. The topological polar surface area (TPSA) is 91.8 Å². The molecule has 0 atom stereocenters. The van der Waals surface area contributed by atoms with Crippen LogP contribution >= 0.6 is 15.9 Å². The van der Waals surface area contributed by atoms with E-state index >= 15 is 0 Å². The first-order valence-electron chi connectivity index (χ1n) is 5.68. The summed E-state index contributed by atoms with van der Waals surface area (Å²) >= 11 is 3.26. The number of carbonyl (C=O) groups excluding carboxylic acids is 1. The second-order valence-electron chi connectivity index (χ2n) is 3.91. The Morgan fingerprint density at radius 3 is 2.52 bits per heavy atom. The number of halogens is 1. The fourth-order valence-corrected chi connectivity index (χ4v) is 2.33. The summed E-state index contributed by atoms with van der Waals surface area (Å²) in [4.78, 5) is 22.3. The van der Waals surface area contributed by atoms with Gasteiger partial charge in [0.25, 0.3) is 0 Å². The zero-order valence-electron chi connectivity index (χ0n) is 11.1. The van der Waals surface area contributed by atoms with Gasteiger partial charge in [0.15, 0.2) is 5.76 Å². The van der Waals surface area contributed by atoms with Crippen molar-refractivity contribution in [1.82, 2.24) is 0 Å². The van der Waals surface area contributed by atoms with Gasteiger partial charge in [0, 0.05) is 10.5 Å². The van der Waals surface area contributed by atoms with Gasteiger partial charge in [0.2, 0.25) is 5.78 Å². The van der Waals surface area contributed by atoms with Crippen molar-refractivity contribution in [3.05, 3.63) is 50.2 Å². The average molecular weight is 356 g/mol. The number of furan rings is 1. The molecule has 2 rings (SSSR count). The maximum absolute atomic E-state index is 12.4. The molecule has 0 saturated heterocycles. The zero-order chi connectivity index (χ0) is 15.6. The highest BCUT2D eigenvalue weighted by atomic mass is 79.9. The van der Waals surface area contributed by atoms with Gasteiger partial charge in [-0.3, -0.25) is 14.9 Å². The van der Waals surface area contributed by atoms with Crippen molar-refractivity contribution in [2.24, 2.45) is 0 Å². The van der Waals surface area contributed by atoms with E-state index < -0.39 is 16.6 Å². The normalized spacial score (nSPS) is 10.2. The van der Waals surface area contributed by atoms with Gasteiger partial charge in [-0.25, -0.2) is 0 Å². The van der Waals surface area contributed by atoms with Crippen LogP contribution in [0, 0.1) is 10.1 Å². The number of rotatable bonds is 5. The minimum absolute atomic E-state index is 0.147. The van der Waals surface area contributed by atoms with Crippen molar-refractivity contribution in [3.63, 3.8) is 0 Å². The van der Waals surface area contributed by atoms with Crippen molar-refractivity contribution in [3.8, 4) is 11.5 Å². The van der Waals surface area contributed by atoms with Crippen LogP contribution in [0.2, 0.25) is 0 Å². The SMILES string of the molecule is COc1cc(Br)c(C(=O)c2ccc([N+](=O)[O-])o2)c(OC)c1. The van der Waals surface area contributed by atoms with Gasteiger partial charge in [-0.05, 0) is 28.1 Å². The number of nitrogens with zero attached hydrogens (tertiary/aromatic N) is 1. The molecule has 0 aliphatic rings. The third-order valence-corrected chi connectivity index (χ3v) is 3.33. The quantitative estimate of drug-likeness (QED) is 0.464. The van der Waals surface area contributed by atoms with Gasteiger partial charge in [0.05, 0.1) is 25.8 Å². The lowest BCUT2D eigenvalue weighted by Gasteiger charge is -2.10. The van der Waals surface area contributed by atoms with Crippen LogP contribution in [-0.4, -0.2) is 24.9 Å². The Kier molecular flexibility index (Phi) is 4.27. The van der Waals surface area contributed by atoms with Gasteiger partial charge in [0.1, 0.15) is 16.4 Å². The lowest BCUT2D eigenvalue weighted by molar-refractivity contribution is -0.402. The summed E-state index contributed by atoms with van der Waals surface area (Å²) in [6.45, 7) is 0. The third kappa shape index (κ3) is 2.89. The predicted molar refractivity (Wildman–Crippen MR) is 76.0 cm³/mol. The van der Waals surface area contributed by atoms with Gasteiger partial charge >= 0.3 is 5.88 Å². The maximum Gasteiger partial charge on any atom is 0.433 e. The molecule has 7 nitrogen and oxygen atoms in total. The second-order valence-corrected chi connectivity index (χ2v) is 4.76. The number of benzene rings is 1. The van der Waals surface area contributed by atoms with E-state index in [1.165, 1.54) is 26.4 Å². The molecule has 2 aromatic rings. The van der Waals surface area contributed by atoms with E-state index in [9.17, 15) is 14.9 Å². The molecule has 0 amide bonds. The van der Waals surface area contributed by atoms with Crippen LogP contribution < -0.4 is 9.47 Å². The monoisotopic (exact) mass is 355 g/mol. The van der Waals surface area contributed by atoms with Crippen LogP contribution in [-0.2, 0) is 0 Å². The Morgan fingerprint density at radius 1 is 1.29 bits per heavy atom. The van der Waals surface area contributed by atoms with Crippen molar-refractivity contribution in [2.45, 2.75) is 0 Å². The molecule has 1 aromatic carbocycles. The highest BCUT2D eigenvalue weighted by Crippen LogP contribution is 2.34. The molecule has 0 saturated carbocycles. The van der Waals surface area contributed by atoms with E-state index in [0.717, 1.165) is 6.07 Å². The molecule has 21 heavy (non-hydrogen) atoms. The number of nitro groups is 1. The summed E-state index contributed by atoms with van der Waals surface area (Å²) in [7, 11) is 2.89. The molecule has 0 bridgehead atoms. The first-order chi connectivity index (χ1) is 9.97. The molecule has 0 spiro atoms. The van der Waals surface area contributed by atoms with Crippen LogP contribution in [0.5, 0.6) is 11.5 Å². The Morgan fingerprint density at radius 2 is 2.00 bits per heavy atom. The minimum atomic E-state index is -0.711. The summed E-state index contributed by atoms with van der Waals surface area (Å²) in [5.74, 6) is -0.409. The van der Waals surface area contributed by atoms with E-state index in [0.29, 0.717) is 10.2 Å². The lowest BCUT2D eigenvalue weighted by Crippen LogP contribution is -2.04. The summed E-state index contributed by atoms with van der Waals surface area (Å²) in [5.41, 5.74) is 0.197. The third-order valence-electron chi connectivity index (χ3n) is 2.71. The number of hydrogen-bond donors (Lipinski definition) is 0. The first-order valence-corrected chi connectivity index (χ1v) is 6.47. The van der Waals surface area contributed by atoms with Gasteiger partial charge in [-0.15, -0.1) is 0 Å². The number of ether oxygens (including phenoxy) is 2. The van der Waals surface area contributed by atoms with Crippen LogP contribution in [0.3, 0.4) is 0 Å². The van der Waals surface area contributed by atoms with Crippen LogP contribution in [0.1, 0.15) is 16.1 Å². The van der Waals surface area contributed by atoms with Gasteiger partial charge in [-0.2, -0.15) is 0 Å². The van der Waals surface area contributed by atoms with Gasteiger partial charge in [-0.1, -0.05) is 0 Å². The van der Waals surface area contributed by atoms with E-state index in [4.69, 9.17) is 13.9 Å². The fourth-order valence-electron chi connectivity index (χ4n) is 1.73. The van der Waals surface area contributed by atoms with E-state index in [2.05, 4.69) is 15.9 Å². The van der Waals surface area contributed by atoms with Crippen LogP contribution in [0.25, 0.3) is 0 Å². The van der Waals surface area contributed by atoms with Crippen molar-refractivity contribution < 1.29 is 23.6 Å². The smallest absolute Gasteiger partial charge is 0.433 e. The molecule has 0 fully saturated rings. The molecule has 110 valence electrons. The summed E-state index contributed by atoms with van der Waals surface area (Å²) in [5, 5.41) is 10.6. The number of ketones is 1. The summed E-state index contributed by atoms with van der Waals surface area (Å²) < 4.78 is 15.6. The lowest BCUT2D eigenvalue weighted by atomic mass is 10.1. The van der Waals surface area contributed by atoms with Gasteiger partial charge < -0.3 is 13.9 Å². The molecule has 8 heteroatoms. The Bertz CT molecular complexity index is 709. The van der Waals surface area contributed by atoms with Crippen LogP contribution in [0.15, 0.2) is 33.2 Å². The number of hydrogen-bond acceptors (Lipinski definition) is 6. The molecule has 0 N–H and O–H groups in total. The maximum atomic E-state index is 12.4. The van der Waals surface area contributed by atoms with Crippen molar-refractivity contribution >= 4 is 27.6 Å². The molecule has 0 aliphatic heterocycles. The molecule has 1 aromatic heterocycles. The molecular formula is C13H10BrNO6. The standard InChI is InChI=1S/C13H10BrNO6/c1-19-7-5-8(14)12(10(6-7)20-2)13(16)9-3-4-11(21-9)15(17)18/h3-6H,1-2H3. The number of methoxy groups -OCH3 is 2. The molecule has 1 heterocycles. The fraction of sp³-hybridized carbons (Fsp3) is 0.154. The van der Waals surface area contributed by atoms with E-state index in [-0.39, 0.29) is 17.1 Å². The largest absolute Gasteiger partial charge is 0.497 e. The molecule has 0 aliphatic carbocycles. The minimum Gasteiger partial charge on any atom is -0.497 e. The van der Waals surface area contributed by atoms with E-state index in [1.54, 1.807) is 6.07 Å². The Balaban J connectivity index is 2.49. The average Bonchev–Trinajstić information content (AvgIpc) is 2.95. The zero-order valence-corrected chi connectivity index (χ0v) is 12.7. The van der Waals surface area contributed by atoms with Crippen molar-refractivity contribution in [2.75, 3.05) is 14.2 Å². The number of carbonyl (C=O) groups is 1. The highest BCUT2D eigenvalue weighted by molar-refractivity contribution is 9.10. The Labute approximate surface area is 127 Å². The Hall–Kier alpha value is -2.35. The van der Waals surface area contributed by atoms with Crippen molar-refractivity contribution in [1.29, 1.82) is 0 Å². The van der Waals surface area contributed by atoms with Crippen LogP contribution in [0.4, 0.5) is 5.88 Å². The second kappa shape index (κ2) is 5.96. The molecular weight excluding hydrogens is 346 g/mol. The van der Waals surface area contributed by atoms with E-state index in [1.807, 2.05) is 0 Å².